The van der Waals surface area contributed by atoms with Crippen molar-refractivity contribution in [1.82, 2.24) is 25.5 Å². The highest BCUT2D eigenvalue weighted by atomic mass is 16.5. The zero-order valence-corrected chi connectivity index (χ0v) is 19.3. The predicted octanol–water partition coefficient (Wildman–Crippen LogP) is 2.06. The summed E-state index contributed by atoms with van der Waals surface area (Å²) in [4.78, 5) is 17.8. The fraction of sp³-hybridized carbons (Fsp3) is 0.542. The van der Waals surface area contributed by atoms with Crippen LogP contribution in [0.1, 0.15) is 24.0 Å². The minimum atomic E-state index is 0.690. The third-order valence-corrected chi connectivity index (χ3v) is 5.99. The van der Waals surface area contributed by atoms with Crippen LogP contribution in [0, 0.1) is 12.8 Å². The smallest absolute Gasteiger partial charge is 0.225 e. The Morgan fingerprint density at radius 2 is 1.91 bits per heavy atom. The molecule has 2 N–H and O–H groups in total. The van der Waals surface area contributed by atoms with E-state index in [0.29, 0.717) is 6.54 Å². The van der Waals surface area contributed by atoms with Crippen LogP contribution in [0.5, 0.6) is 5.75 Å². The summed E-state index contributed by atoms with van der Waals surface area (Å²) in [6.45, 7) is 9.37. The average molecular weight is 438 g/mol. The second kappa shape index (κ2) is 11.1. The van der Waals surface area contributed by atoms with Gasteiger partial charge in [0.15, 0.2) is 5.96 Å². The number of aromatic nitrogens is 2. The number of ether oxygens (including phenoxy) is 1. The van der Waals surface area contributed by atoms with Crippen LogP contribution < -0.4 is 20.3 Å². The minimum absolute atomic E-state index is 0.690. The summed E-state index contributed by atoms with van der Waals surface area (Å²) in [5.74, 6) is 3.37. The molecule has 1 aromatic heterocycles. The van der Waals surface area contributed by atoms with Crippen molar-refractivity contribution >= 4 is 11.9 Å². The minimum Gasteiger partial charge on any atom is -0.493 e. The monoisotopic (exact) mass is 437 g/mol. The number of nitrogens with zero attached hydrogens (tertiary/aromatic N) is 5. The molecule has 2 heterocycles. The lowest BCUT2D eigenvalue weighted by molar-refractivity contribution is 0.260. The van der Waals surface area contributed by atoms with Gasteiger partial charge in [-0.15, -0.1) is 0 Å². The maximum absolute atomic E-state index is 6.09. The van der Waals surface area contributed by atoms with Gasteiger partial charge in [0, 0.05) is 70.8 Å². The van der Waals surface area contributed by atoms with E-state index in [-0.39, 0.29) is 0 Å². The molecule has 1 saturated carbocycles. The van der Waals surface area contributed by atoms with Gasteiger partial charge in [-0.05, 0) is 43.4 Å². The maximum Gasteiger partial charge on any atom is 0.225 e. The highest BCUT2D eigenvalue weighted by molar-refractivity contribution is 5.79. The Morgan fingerprint density at radius 1 is 1.12 bits per heavy atom. The van der Waals surface area contributed by atoms with Crippen molar-refractivity contribution in [2.75, 3.05) is 57.8 Å². The van der Waals surface area contributed by atoms with E-state index < -0.39 is 0 Å². The maximum atomic E-state index is 6.09. The van der Waals surface area contributed by atoms with Crippen molar-refractivity contribution in [2.45, 2.75) is 26.3 Å². The number of hydrogen-bond acceptors (Lipinski definition) is 6. The van der Waals surface area contributed by atoms with E-state index in [0.717, 1.165) is 69.5 Å². The quantitative estimate of drug-likeness (QED) is 0.459. The Hall–Kier alpha value is -2.87. The lowest BCUT2D eigenvalue weighted by Gasteiger charge is -2.34. The molecular weight excluding hydrogens is 402 g/mol. The summed E-state index contributed by atoms with van der Waals surface area (Å²) < 4.78 is 6.09. The average Bonchev–Trinajstić information content (AvgIpc) is 3.66. The first kappa shape index (κ1) is 22.3. The molecule has 0 spiro atoms. The summed E-state index contributed by atoms with van der Waals surface area (Å²) in [7, 11) is 1.81. The third-order valence-electron chi connectivity index (χ3n) is 5.99. The van der Waals surface area contributed by atoms with Crippen molar-refractivity contribution < 1.29 is 4.74 Å². The topological polar surface area (TPSA) is 77.9 Å². The molecule has 8 nitrogen and oxygen atoms in total. The van der Waals surface area contributed by atoms with Gasteiger partial charge in [-0.2, -0.15) is 0 Å². The Kier molecular flexibility index (Phi) is 7.77. The van der Waals surface area contributed by atoms with Gasteiger partial charge in [0.25, 0.3) is 0 Å². The molecule has 0 bridgehead atoms. The van der Waals surface area contributed by atoms with Crippen LogP contribution in [-0.4, -0.2) is 73.8 Å². The van der Waals surface area contributed by atoms with Crippen LogP contribution in [0.25, 0.3) is 0 Å². The molecule has 2 aromatic rings. The molecule has 0 unspecified atom stereocenters. The lowest BCUT2D eigenvalue weighted by atomic mass is 10.1. The van der Waals surface area contributed by atoms with Crippen molar-refractivity contribution in [1.29, 1.82) is 0 Å². The molecule has 4 rings (SSSR count). The summed E-state index contributed by atoms with van der Waals surface area (Å²) in [6.07, 6.45) is 6.20. The molecule has 1 aliphatic heterocycles. The first-order valence-corrected chi connectivity index (χ1v) is 11.6. The molecule has 1 aromatic carbocycles. The Morgan fingerprint density at radius 3 is 2.62 bits per heavy atom. The molecule has 32 heavy (non-hydrogen) atoms. The number of benzene rings is 1. The van der Waals surface area contributed by atoms with Gasteiger partial charge >= 0.3 is 0 Å². The molecule has 2 fully saturated rings. The normalized spacial score (nSPS) is 17.3. The van der Waals surface area contributed by atoms with Gasteiger partial charge in [-0.1, -0.05) is 12.1 Å². The van der Waals surface area contributed by atoms with Crippen molar-refractivity contribution in [3.63, 3.8) is 0 Å². The lowest BCUT2D eigenvalue weighted by Crippen LogP contribution is -2.49. The van der Waals surface area contributed by atoms with E-state index in [1.54, 1.807) is 12.4 Å². The number of guanidine groups is 1. The van der Waals surface area contributed by atoms with Crippen LogP contribution in [0.15, 0.2) is 41.7 Å². The number of piperazine rings is 1. The van der Waals surface area contributed by atoms with Gasteiger partial charge < -0.3 is 20.3 Å². The molecule has 172 valence electrons. The zero-order chi connectivity index (χ0) is 22.2. The van der Waals surface area contributed by atoms with Gasteiger partial charge in [0.1, 0.15) is 5.75 Å². The molecular formula is C24H35N7O. The number of anilines is 1. The molecule has 8 heteroatoms. The molecule has 0 atom stereocenters. The summed E-state index contributed by atoms with van der Waals surface area (Å²) in [6, 6.07) is 8.27. The predicted molar refractivity (Wildman–Crippen MR) is 128 cm³/mol. The highest BCUT2D eigenvalue weighted by Gasteiger charge is 2.22. The van der Waals surface area contributed by atoms with Crippen LogP contribution in [0.3, 0.4) is 0 Å². The van der Waals surface area contributed by atoms with Gasteiger partial charge in [-0.3, -0.25) is 9.89 Å². The first-order valence-electron chi connectivity index (χ1n) is 11.6. The summed E-state index contributed by atoms with van der Waals surface area (Å²) >= 11 is 0. The number of aryl methyl sites for hydroxylation is 1. The van der Waals surface area contributed by atoms with E-state index >= 15 is 0 Å². The van der Waals surface area contributed by atoms with Crippen molar-refractivity contribution in [3.05, 3.63) is 47.8 Å². The largest absolute Gasteiger partial charge is 0.493 e. The van der Waals surface area contributed by atoms with E-state index in [9.17, 15) is 0 Å². The highest BCUT2D eigenvalue weighted by Crippen LogP contribution is 2.30. The molecule has 1 saturated heterocycles. The van der Waals surface area contributed by atoms with E-state index in [2.05, 4.69) is 60.5 Å². The Balaban J connectivity index is 1.18. The number of hydrogen-bond donors (Lipinski definition) is 2. The van der Waals surface area contributed by atoms with Gasteiger partial charge in [-0.25, -0.2) is 9.97 Å². The van der Waals surface area contributed by atoms with Gasteiger partial charge in [0.2, 0.25) is 5.95 Å². The van der Waals surface area contributed by atoms with E-state index in [4.69, 9.17) is 4.74 Å². The van der Waals surface area contributed by atoms with Crippen LogP contribution in [-0.2, 0) is 6.54 Å². The molecule has 1 aliphatic carbocycles. The van der Waals surface area contributed by atoms with E-state index in [1.165, 1.54) is 24.0 Å². The fourth-order valence-electron chi connectivity index (χ4n) is 3.79. The number of aliphatic imine (C=N–C) groups is 1. The van der Waals surface area contributed by atoms with Crippen LogP contribution in [0.4, 0.5) is 5.95 Å². The molecule has 0 radical (unpaired) electrons. The number of nitrogens with one attached hydrogen (secondary N) is 2. The zero-order valence-electron chi connectivity index (χ0n) is 19.3. The fourth-order valence-corrected chi connectivity index (χ4v) is 3.79. The Labute approximate surface area is 191 Å². The second-order valence-corrected chi connectivity index (χ2v) is 8.60. The van der Waals surface area contributed by atoms with Crippen molar-refractivity contribution in [2.24, 2.45) is 10.9 Å². The van der Waals surface area contributed by atoms with Crippen LogP contribution >= 0.6 is 0 Å². The summed E-state index contributed by atoms with van der Waals surface area (Å²) in [5, 5.41) is 6.87. The molecule has 0 amide bonds. The first-order chi connectivity index (χ1) is 15.7. The number of rotatable bonds is 9. The molecule has 2 aliphatic rings. The van der Waals surface area contributed by atoms with Crippen molar-refractivity contribution in [3.8, 4) is 5.75 Å². The summed E-state index contributed by atoms with van der Waals surface area (Å²) in [5.41, 5.74) is 2.39. The third kappa shape index (κ3) is 6.56. The van der Waals surface area contributed by atoms with Gasteiger partial charge in [0.05, 0.1) is 6.61 Å². The Bertz CT molecular complexity index is 877. The second-order valence-electron chi connectivity index (χ2n) is 8.60. The standard InChI is InChI=1S/C24H35N7O/c1-19-4-7-21(22(16-19)32-18-20-5-6-20)17-29-23(25-2)26-10-11-30-12-14-31(15-13-30)24-27-8-3-9-28-24/h3-4,7-9,16,20H,5-6,10-15,17-18H2,1-2H3,(H2,25,26,29). The van der Waals surface area contributed by atoms with E-state index in [1.807, 2.05) is 13.1 Å². The SMILES string of the molecule is CN=C(NCCN1CCN(c2ncccn2)CC1)NCc1ccc(C)cc1OCC1CC1. The van der Waals surface area contributed by atoms with Crippen LogP contribution in [0.2, 0.25) is 0 Å².